The van der Waals surface area contributed by atoms with Gasteiger partial charge >= 0.3 is 6.18 Å². The van der Waals surface area contributed by atoms with Crippen LogP contribution in [0.15, 0.2) is 41.3 Å². The number of nitrogens with zero attached hydrogens (tertiary/aromatic N) is 4. The minimum Gasteiger partial charge on any atom is -0.352 e. The number of hydrogen-bond donors (Lipinski definition) is 2. The van der Waals surface area contributed by atoms with E-state index in [9.17, 15) is 26.0 Å². The Labute approximate surface area is 181 Å². The van der Waals surface area contributed by atoms with E-state index in [1.54, 1.807) is 13.8 Å². The van der Waals surface area contributed by atoms with E-state index >= 15 is 0 Å². The van der Waals surface area contributed by atoms with Gasteiger partial charge in [0, 0.05) is 18.0 Å². The highest BCUT2D eigenvalue weighted by Gasteiger charge is 2.32. The number of aromatic nitrogens is 4. The number of alkyl halides is 3. The maximum Gasteiger partial charge on any atom is 0.433 e. The lowest BCUT2D eigenvalue weighted by Crippen LogP contribution is -2.15. The molecular formula is C19H18F4N6O2S. The fourth-order valence-corrected chi connectivity index (χ4v) is 3.23. The number of rotatable bonds is 6. The molecule has 170 valence electrons. The minimum atomic E-state index is -4.66. The molecule has 0 aliphatic rings. The highest BCUT2D eigenvalue weighted by atomic mass is 32.2. The molecule has 13 heteroatoms. The monoisotopic (exact) mass is 470 g/mol. The summed E-state index contributed by atoms with van der Waals surface area (Å²) in [7, 11) is -3.70. The summed E-state index contributed by atoms with van der Waals surface area (Å²) in [5, 5.41) is 5.58. The smallest absolute Gasteiger partial charge is 0.352 e. The molecular weight excluding hydrogens is 452 g/mol. The van der Waals surface area contributed by atoms with Crippen molar-refractivity contribution in [3.05, 3.63) is 47.9 Å². The number of hydrogen-bond acceptors (Lipinski definition) is 8. The molecule has 0 unspecified atom stereocenters. The van der Waals surface area contributed by atoms with Crippen molar-refractivity contribution in [2.75, 3.05) is 16.9 Å². The molecule has 3 aromatic rings. The van der Waals surface area contributed by atoms with Crippen molar-refractivity contribution >= 4 is 27.4 Å². The van der Waals surface area contributed by atoms with E-state index in [0.29, 0.717) is 0 Å². The van der Waals surface area contributed by atoms with E-state index in [2.05, 4.69) is 30.6 Å². The zero-order chi connectivity index (χ0) is 23.7. The van der Waals surface area contributed by atoms with Gasteiger partial charge in [-0.3, -0.25) is 0 Å². The summed E-state index contributed by atoms with van der Waals surface area (Å²) >= 11 is 0. The van der Waals surface area contributed by atoms with E-state index in [1.165, 1.54) is 18.2 Å². The van der Waals surface area contributed by atoms with Crippen LogP contribution in [-0.2, 0) is 16.0 Å². The second-order valence-electron chi connectivity index (χ2n) is 7.08. The van der Waals surface area contributed by atoms with Crippen LogP contribution in [-0.4, -0.2) is 40.7 Å². The molecule has 1 aromatic carbocycles. The van der Waals surface area contributed by atoms with E-state index in [1.807, 2.05) is 0 Å². The Hall–Kier alpha value is -3.35. The topological polar surface area (TPSA) is 110 Å². The molecule has 8 nitrogen and oxygen atoms in total. The van der Waals surface area contributed by atoms with E-state index in [-0.39, 0.29) is 40.0 Å². The molecule has 0 radical (unpaired) electrons. The number of sulfone groups is 1. The van der Waals surface area contributed by atoms with Crippen LogP contribution < -0.4 is 10.6 Å². The van der Waals surface area contributed by atoms with Crippen LogP contribution in [0.4, 0.5) is 35.1 Å². The Morgan fingerprint density at radius 1 is 0.969 bits per heavy atom. The first-order chi connectivity index (χ1) is 14.8. The molecule has 0 aliphatic carbocycles. The Kier molecular flexibility index (Phi) is 6.30. The largest absolute Gasteiger partial charge is 0.433 e. The van der Waals surface area contributed by atoms with Crippen molar-refractivity contribution in [2.45, 2.75) is 31.0 Å². The number of nitrogens with one attached hydrogen (secondary N) is 2. The SMILES string of the molecule is CC(C)Nc1nc(Nc2cc(F)cc(S(C)(=O)=O)c2)nc(-c2cccc(C(F)(F)F)n2)n1. The van der Waals surface area contributed by atoms with E-state index in [4.69, 9.17) is 0 Å². The lowest BCUT2D eigenvalue weighted by Gasteiger charge is -2.13. The molecule has 0 spiro atoms. The van der Waals surface area contributed by atoms with Gasteiger partial charge in [0.2, 0.25) is 11.9 Å². The quantitative estimate of drug-likeness (QED) is 0.519. The van der Waals surface area contributed by atoms with E-state index in [0.717, 1.165) is 24.5 Å². The fraction of sp³-hybridized carbons (Fsp3) is 0.263. The van der Waals surface area contributed by atoms with Gasteiger partial charge in [-0.1, -0.05) is 6.07 Å². The van der Waals surface area contributed by atoms with Crippen LogP contribution in [0, 0.1) is 5.82 Å². The first kappa shape index (κ1) is 23.3. The summed E-state index contributed by atoms with van der Waals surface area (Å²) < 4.78 is 76.6. The van der Waals surface area contributed by atoms with Gasteiger partial charge in [0.1, 0.15) is 17.2 Å². The van der Waals surface area contributed by atoms with Gasteiger partial charge in [0.05, 0.1) is 4.90 Å². The van der Waals surface area contributed by atoms with Gasteiger partial charge in [0.15, 0.2) is 15.7 Å². The van der Waals surface area contributed by atoms with Crippen LogP contribution in [0.25, 0.3) is 11.5 Å². The Bertz CT molecular complexity index is 1250. The first-order valence-electron chi connectivity index (χ1n) is 9.16. The maximum absolute atomic E-state index is 13.9. The molecule has 0 saturated carbocycles. The average Bonchev–Trinajstić information content (AvgIpc) is 2.65. The lowest BCUT2D eigenvalue weighted by atomic mass is 10.3. The molecule has 0 bridgehead atoms. The summed E-state index contributed by atoms with van der Waals surface area (Å²) in [6.07, 6.45) is -3.73. The number of halogens is 4. The average molecular weight is 470 g/mol. The Balaban J connectivity index is 2.07. The van der Waals surface area contributed by atoms with Crippen LogP contribution >= 0.6 is 0 Å². The summed E-state index contributed by atoms with van der Waals surface area (Å²) in [5.74, 6) is -1.10. The van der Waals surface area contributed by atoms with Gasteiger partial charge in [0.25, 0.3) is 0 Å². The standard InChI is InChI=1S/C19H18F4N6O2S/c1-10(2)24-17-27-16(14-5-4-6-15(26-14)19(21,22)23)28-18(29-17)25-12-7-11(20)8-13(9-12)32(3,30)31/h4-10H,1-3H3,(H2,24,25,27,28,29). The van der Waals surface area contributed by atoms with Crippen molar-refractivity contribution in [3.8, 4) is 11.5 Å². The van der Waals surface area contributed by atoms with Gasteiger partial charge in [-0.15, -0.1) is 0 Å². The molecule has 2 aromatic heterocycles. The van der Waals surface area contributed by atoms with Gasteiger partial charge in [-0.2, -0.15) is 28.1 Å². The Morgan fingerprint density at radius 3 is 2.28 bits per heavy atom. The molecule has 3 rings (SSSR count). The highest BCUT2D eigenvalue weighted by molar-refractivity contribution is 7.90. The predicted octanol–water partition coefficient (Wildman–Crippen LogP) is 4.06. The van der Waals surface area contributed by atoms with Crippen molar-refractivity contribution in [1.82, 2.24) is 19.9 Å². The molecule has 0 fully saturated rings. The Morgan fingerprint density at radius 2 is 1.66 bits per heavy atom. The zero-order valence-electron chi connectivity index (χ0n) is 17.1. The molecule has 2 heterocycles. The van der Waals surface area contributed by atoms with E-state index < -0.39 is 27.5 Å². The highest BCUT2D eigenvalue weighted by Crippen LogP contribution is 2.29. The van der Waals surface area contributed by atoms with Crippen molar-refractivity contribution < 1.29 is 26.0 Å². The van der Waals surface area contributed by atoms with Gasteiger partial charge < -0.3 is 10.6 Å². The van der Waals surface area contributed by atoms with Gasteiger partial charge in [-0.05, 0) is 44.2 Å². The fourth-order valence-electron chi connectivity index (χ4n) is 2.56. The lowest BCUT2D eigenvalue weighted by molar-refractivity contribution is -0.141. The molecule has 2 N–H and O–H groups in total. The second kappa shape index (κ2) is 8.65. The number of pyridine rings is 1. The summed E-state index contributed by atoms with van der Waals surface area (Å²) in [6.45, 7) is 3.59. The number of benzene rings is 1. The summed E-state index contributed by atoms with van der Waals surface area (Å²) in [4.78, 5) is 15.6. The number of anilines is 3. The zero-order valence-corrected chi connectivity index (χ0v) is 17.9. The third kappa shape index (κ3) is 5.87. The summed E-state index contributed by atoms with van der Waals surface area (Å²) in [6, 6.07) is 6.23. The second-order valence-corrected chi connectivity index (χ2v) is 9.10. The molecule has 0 aliphatic heterocycles. The summed E-state index contributed by atoms with van der Waals surface area (Å²) in [5.41, 5.74) is -1.26. The van der Waals surface area contributed by atoms with Crippen molar-refractivity contribution in [3.63, 3.8) is 0 Å². The molecule has 0 atom stereocenters. The minimum absolute atomic E-state index is 0.0232. The van der Waals surface area contributed by atoms with Crippen LogP contribution in [0.1, 0.15) is 19.5 Å². The van der Waals surface area contributed by atoms with Crippen LogP contribution in [0.3, 0.4) is 0 Å². The third-order valence-electron chi connectivity index (χ3n) is 3.88. The van der Waals surface area contributed by atoms with Crippen LogP contribution in [0.5, 0.6) is 0 Å². The maximum atomic E-state index is 13.9. The normalized spacial score (nSPS) is 12.1. The first-order valence-corrected chi connectivity index (χ1v) is 11.1. The molecule has 0 amide bonds. The van der Waals surface area contributed by atoms with Crippen LogP contribution in [0.2, 0.25) is 0 Å². The third-order valence-corrected chi connectivity index (χ3v) is 4.97. The molecule has 0 saturated heterocycles. The van der Waals surface area contributed by atoms with Crippen molar-refractivity contribution in [1.29, 1.82) is 0 Å². The van der Waals surface area contributed by atoms with Crippen molar-refractivity contribution in [2.24, 2.45) is 0 Å². The van der Waals surface area contributed by atoms with Gasteiger partial charge in [-0.25, -0.2) is 17.8 Å². The predicted molar refractivity (Wildman–Crippen MR) is 110 cm³/mol. The molecule has 32 heavy (non-hydrogen) atoms.